The Morgan fingerprint density at radius 3 is 2.48 bits per heavy atom. The molecule has 0 aliphatic heterocycles. The maximum Gasteiger partial charge on any atom is 0.321 e. The first-order chi connectivity index (χ1) is 9.85. The molecule has 5 heteroatoms. The number of hydrogen-bond donors (Lipinski definition) is 2. The van der Waals surface area contributed by atoms with Crippen LogP contribution in [0.15, 0.2) is 24.3 Å². The van der Waals surface area contributed by atoms with Gasteiger partial charge in [0.2, 0.25) is 0 Å². The standard InChI is InChI=1S/C16H24N2O3/c1-5-18(10-12(4)15(19)20)16(21)17-14-8-6-7-13(9-14)11(2)3/h6-9,11-12H,5,10H2,1-4H3,(H,17,21)(H,19,20). The molecule has 1 atom stereocenters. The highest BCUT2D eigenvalue weighted by molar-refractivity contribution is 5.89. The Morgan fingerprint density at radius 1 is 1.29 bits per heavy atom. The minimum atomic E-state index is -0.900. The lowest BCUT2D eigenvalue weighted by molar-refractivity contribution is -0.141. The van der Waals surface area contributed by atoms with Crippen molar-refractivity contribution in [2.24, 2.45) is 5.92 Å². The predicted molar refractivity (Wildman–Crippen MR) is 83.6 cm³/mol. The third-order valence-electron chi connectivity index (χ3n) is 3.39. The molecule has 0 fully saturated rings. The first kappa shape index (κ1) is 17.0. The number of benzene rings is 1. The lowest BCUT2D eigenvalue weighted by Gasteiger charge is -2.23. The zero-order valence-corrected chi connectivity index (χ0v) is 13.1. The zero-order chi connectivity index (χ0) is 16.0. The van der Waals surface area contributed by atoms with Crippen LogP contribution in [0.3, 0.4) is 0 Å². The number of rotatable bonds is 6. The van der Waals surface area contributed by atoms with Crippen LogP contribution in [-0.4, -0.2) is 35.1 Å². The van der Waals surface area contributed by atoms with Crippen molar-refractivity contribution >= 4 is 17.7 Å². The summed E-state index contributed by atoms with van der Waals surface area (Å²) < 4.78 is 0. The molecular formula is C16H24N2O3. The van der Waals surface area contributed by atoms with E-state index in [-0.39, 0.29) is 12.6 Å². The molecule has 116 valence electrons. The number of carboxylic acid groups (broad SMARTS) is 1. The number of carbonyl (C=O) groups is 2. The first-order valence-corrected chi connectivity index (χ1v) is 7.23. The van der Waals surface area contributed by atoms with Gasteiger partial charge in [-0.1, -0.05) is 32.9 Å². The van der Waals surface area contributed by atoms with Crippen LogP contribution in [0.25, 0.3) is 0 Å². The van der Waals surface area contributed by atoms with Gasteiger partial charge >= 0.3 is 12.0 Å². The summed E-state index contributed by atoms with van der Waals surface area (Å²) in [5.74, 6) is -1.10. The number of urea groups is 1. The van der Waals surface area contributed by atoms with E-state index in [0.29, 0.717) is 12.5 Å². The fraction of sp³-hybridized carbons (Fsp3) is 0.500. The molecule has 1 rings (SSSR count). The predicted octanol–water partition coefficient (Wildman–Crippen LogP) is 3.38. The summed E-state index contributed by atoms with van der Waals surface area (Å²) >= 11 is 0. The monoisotopic (exact) mass is 292 g/mol. The van der Waals surface area contributed by atoms with E-state index in [9.17, 15) is 9.59 Å². The number of anilines is 1. The number of hydrogen-bond acceptors (Lipinski definition) is 2. The Hall–Kier alpha value is -2.04. The van der Waals surface area contributed by atoms with Gasteiger partial charge in [0.05, 0.1) is 5.92 Å². The quantitative estimate of drug-likeness (QED) is 0.844. The fourth-order valence-corrected chi connectivity index (χ4v) is 1.94. The summed E-state index contributed by atoms with van der Waals surface area (Å²) in [6.45, 7) is 8.27. The number of nitrogens with zero attached hydrogens (tertiary/aromatic N) is 1. The fourth-order valence-electron chi connectivity index (χ4n) is 1.94. The molecule has 1 aromatic carbocycles. The van der Waals surface area contributed by atoms with Gasteiger partial charge in [0.1, 0.15) is 0 Å². The van der Waals surface area contributed by atoms with Crippen molar-refractivity contribution in [3.05, 3.63) is 29.8 Å². The van der Waals surface area contributed by atoms with Crippen LogP contribution in [-0.2, 0) is 4.79 Å². The van der Waals surface area contributed by atoms with E-state index in [2.05, 4.69) is 19.2 Å². The SMILES string of the molecule is CCN(CC(C)C(=O)O)C(=O)Nc1cccc(C(C)C)c1. The van der Waals surface area contributed by atoms with Crippen molar-refractivity contribution in [2.75, 3.05) is 18.4 Å². The number of amides is 2. The van der Waals surface area contributed by atoms with Gasteiger partial charge in [0, 0.05) is 18.8 Å². The van der Waals surface area contributed by atoms with E-state index in [1.807, 2.05) is 31.2 Å². The summed E-state index contributed by atoms with van der Waals surface area (Å²) in [6.07, 6.45) is 0. The van der Waals surface area contributed by atoms with E-state index in [4.69, 9.17) is 5.11 Å². The highest BCUT2D eigenvalue weighted by Gasteiger charge is 2.19. The second kappa shape index (κ2) is 7.67. The molecule has 0 heterocycles. The second-order valence-electron chi connectivity index (χ2n) is 5.49. The highest BCUT2D eigenvalue weighted by atomic mass is 16.4. The van der Waals surface area contributed by atoms with Crippen molar-refractivity contribution in [3.8, 4) is 0 Å². The summed E-state index contributed by atoms with van der Waals surface area (Å²) in [5, 5.41) is 11.8. The second-order valence-corrected chi connectivity index (χ2v) is 5.49. The topological polar surface area (TPSA) is 69.6 Å². The summed E-state index contributed by atoms with van der Waals surface area (Å²) in [5.41, 5.74) is 1.88. The molecule has 0 saturated heterocycles. The molecule has 0 aliphatic rings. The number of aliphatic carboxylic acids is 1. The van der Waals surface area contributed by atoms with Gasteiger partial charge in [0.25, 0.3) is 0 Å². The molecule has 0 bridgehead atoms. The molecule has 0 aromatic heterocycles. The summed E-state index contributed by atoms with van der Waals surface area (Å²) in [4.78, 5) is 24.6. The molecule has 0 spiro atoms. The Bertz CT molecular complexity index is 500. The third kappa shape index (κ3) is 5.10. The van der Waals surface area contributed by atoms with Crippen molar-refractivity contribution < 1.29 is 14.7 Å². The molecule has 0 radical (unpaired) electrons. The highest BCUT2D eigenvalue weighted by Crippen LogP contribution is 2.18. The van der Waals surface area contributed by atoms with Crippen LogP contribution in [0.1, 0.15) is 39.2 Å². The normalized spacial score (nSPS) is 12.0. The Balaban J connectivity index is 2.74. The first-order valence-electron chi connectivity index (χ1n) is 7.23. The molecule has 1 unspecified atom stereocenters. The van der Waals surface area contributed by atoms with Gasteiger partial charge in [-0.2, -0.15) is 0 Å². The number of nitrogens with one attached hydrogen (secondary N) is 1. The van der Waals surface area contributed by atoms with Crippen molar-refractivity contribution in [2.45, 2.75) is 33.6 Å². The molecule has 1 aromatic rings. The Labute approximate surface area is 126 Å². The lowest BCUT2D eigenvalue weighted by atomic mass is 10.0. The number of carbonyl (C=O) groups excluding carboxylic acids is 1. The smallest absolute Gasteiger partial charge is 0.321 e. The van der Waals surface area contributed by atoms with E-state index >= 15 is 0 Å². The van der Waals surface area contributed by atoms with Crippen LogP contribution in [0.4, 0.5) is 10.5 Å². The van der Waals surface area contributed by atoms with Gasteiger partial charge in [0.15, 0.2) is 0 Å². The zero-order valence-electron chi connectivity index (χ0n) is 13.1. The molecule has 2 N–H and O–H groups in total. The largest absolute Gasteiger partial charge is 0.481 e. The van der Waals surface area contributed by atoms with E-state index in [0.717, 1.165) is 11.3 Å². The maximum atomic E-state index is 12.2. The van der Waals surface area contributed by atoms with Crippen LogP contribution in [0, 0.1) is 5.92 Å². The maximum absolute atomic E-state index is 12.2. The molecular weight excluding hydrogens is 268 g/mol. The number of carboxylic acids is 1. The van der Waals surface area contributed by atoms with Gasteiger partial charge in [-0.15, -0.1) is 0 Å². The van der Waals surface area contributed by atoms with Gasteiger partial charge in [-0.05, 0) is 30.5 Å². The summed E-state index contributed by atoms with van der Waals surface area (Å²) in [7, 11) is 0. The van der Waals surface area contributed by atoms with Crippen LogP contribution >= 0.6 is 0 Å². The average Bonchev–Trinajstić information content (AvgIpc) is 2.44. The average molecular weight is 292 g/mol. The van der Waals surface area contributed by atoms with Gasteiger partial charge < -0.3 is 15.3 Å². The van der Waals surface area contributed by atoms with E-state index in [1.54, 1.807) is 6.92 Å². The minimum Gasteiger partial charge on any atom is -0.481 e. The van der Waals surface area contributed by atoms with E-state index in [1.165, 1.54) is 4.90 Å². The van der Waals surface area contributed by atoms with Crippen molar-refractivity contribution in [1.29, 1.82) is 0 Å². The lowest BCUT2D eigenvalue weighted by Crippen LogP contribution is -2.39. The molecule has 0 saturated carbocycles. The van der Waals surface area contributed by atoms with Crippen LogP contribution < -0.4 is 5.32 Å². The van der Waals surface area contributed by atoms with Crippen molar-refractivity contribution in [1.82, 2.24) is 4.90 Å². The molecule has 2 amide bonds. The Morgan fingerprint density at radius 2 is 1.95 bits per heavy atom. The van der Waals surface area contributed by atoms with Gasteiger partial charge in [-0.3, -0.25) is 4.79 Å². The minimum absolute atomic E-state index is 0.196. The van der Waals surface area contributed by atoms with Crippen molar-refractivity contribution in [3.63, 3.8) is 0 Å². The third-order valence-corrected chi connectivity index (χ3v) is 3.39. The van der Waals surface area contributed by atoms with E-state index < -0.39 is 11.9 Å². The van der Waals surface area contributed by atoms with Crippen LogP contribution in [0.5, 0.6) is 0 Å². The molecule has 21 heavy (non-hydrogen) atoms. The summed E-state index contributed by atoms with van der Waals surface area (Å²) in [6, 6.07) is 7.42. The Kier molecular flexibility index (Phi) is 6.21. The van der Waals surface area contributed by atoms with Crippen LogP contribution in [0.2, 0.25) is 0 Å². The molecule has 0 aliphatic carbocycles. The molecule has 5 nitrogen and oxygen atoms in total. The van der Waals surface area contributed by atoms with Gasteiger partial charge in [-0.25, -0.2) is 4.79 Å².